The van der Waals surface area contributed by atoms with E-state index in [1.807, 2.05) is 27.2 Å². The highest BCUT2D eigenvalue weighted by Crippen LogP contribution is 2.38. The van der Waals surface area contributed by atoms with Gasteiger partial charge in [0.2, 0.25) is 5.91 Å². The van der Waals surface area contributed by atoms with Crippen LogP contribution in [0.4, 0.5) is 0 Å². The molecule has 0 saturated carbocycles. The number of aliphatic hydroxyl groups excluding tert-OH is 1. The van der Waals surface area contributed by atoms with Crippen molar-refractivity contribution in [3.63, 3.8) is 0 Å². The highest BCUT2D eigenvalue weighted by atomic mass is 31.2. The Hall–Kier alpha value is -1.02. The molecule has 0 fully saturated rings. The van der Waals surface area contributed by atoms with Gasteiger partial charge in [-0.15, -0.1) is 0 Å². The maximum atomic E-state index is 12.8. The minimum atomic E-state index is -4.58. The molecule has 1 amide bonds. The van der Waals surface area contributed by atoms with Crippen LogP contribution in [0.3, 0.4) is 0 Å². The van der Waals surface area contributed by atoms with Gasteiger partial charge in [-0.2, -0.15) is 0 Å². The number of hydrogen-bond donors (Lipinski definition) is 2. The summed E-state index contributed by atoms with van der Waals surface area (Å²) in [7, 11) is 1.26. The van der Waals surface area contributed by atoms with Crippen molar-refractivity contribution in [2.75, 3.05) is 40.9 Å². The van der Waals surface area contributed by atoms with E-state index in [1.165, 1.54) is 116 Å². The van der Waals surface area contributed by atoms with Gasteiger partial charge in [0.05, 0.1) is 39.9 Å². The summed E-state index contributed by atoms with van der Waals surface area (Å²) in [6.07, 6.45) is 39.3. The summed E-state index contributed by atoms with van der Waals surface area (Å²) in [6, 6.07) is -0.886. The number of nitrogens with zero attached hydrogens (tertiary/aromatic N) is 1. The number of phosphoric acid groups is 1. The highest BCUT2D eigenvalue weighted by molar-refractivity contribution is 7.45. The van der Waals surface area contributed by atoms with Gasteiger partial charge in [0.1, 0.15) is 13.2 Å². The summed E-state index contributed by atoms with van der Waals surface area (Å²) in [5.74, 6) is -0.208. The number of aliphatic hydroxyl groups is 1. The molecule has 0 rings (SSSR count). The molecular formula is C42H83N2O6P. The van der Waals surface area contributed by atoms with Gasteiger partial charge in [0, 0.05) is 6.42 Å². The molecule has 51 heavy (non-hydrogen) atoms. The van der Waals surface area contributed by atoms with E-state index in [0.29, 0.717) is 17.4 Å². The molecule has 0 spiro atoms. The smallest absolute Gasteiger partial charge is 0.268 e. The van der Waals surface area contributed by atoms with E-state index in [4.69, 9.17) is 9.05 Å². The third kappa shape index (κ3) is 37.1. The van der Waals surface area contributed by atoms with Crippen LogP contribution < -0.4 is 10.2 Å². The van der Waals surface area contributed by atoms with Gasteiger partial charge < -0.3 is 28.8 Å². The Kier molecular flexibility index (Phi) is 34.0. The van der Waals surface area contributed by atoms with E-state index in [2.05, 4.69) is 31.3 Å². The summed E-state index contributed by atoms with van der Waals surface area (Å²) in [6.45, 7) is 4.62. The van der Waals surface area contributed by atoms with Crippen molar-refractivity contribution in [1.82, 2.24) is 5.32 Å². The highest BCUT2D eigenvalue weighted by Gasteiger charge is 2.23. The fraction of sp³-hybridized carbons (Fsp3) is 0.881. The molecule has 1 unspecified atom stereocenters. The molecule has 2 N–H and O–H groups in total. The predicted octanol–water partition coefficient (Wildman–Crippen LogP) is 10.7. The first-order valence-corrected chi connectivity index (χ1v) is 22.7. The maximum Gasteiger partial charge on any atom is 0.268 e. The van der Waals surface area contributed by atoms with E-state index in [9.17, 15) is 19.4 Å². The fourth-order valence-corrected chi connectivity index (χ4v) is 6.69. The first kappa shape index (κ1) is 50.0. The zero-order valence-electron chi connectivity index (χ0n) is 34.1. The number of quaternary nitrogens is 1. The lowest BCUT2D eigenvalue weighted by Crippen LogP contribution is -2.45. The van der Waals surface area contributed by atoms with Crippen molar-refractivity contribution in [3.05, 3.63) is 24.3 Å². The lowest BCUT2D eigenvalue weighted by Gasteiger charge is -2.29. The van der Waals surface area contributed by atoms with Crippen molar-refractivity contribution in [2.24, 2.45) is 0 Å². The van der Waals surface area contributed by atoms with Crippen LogP contribution in [0.15, 0.2) is 24.3 Å². The Balaban J connectivity index is 4.48. The van der Waals surface area contributed by atoms with Crippen molar-refractivity contribution in [1.29, 1.82) is 0 Å². The predicted molar refractivity (Wildman–Crippen MR) is 215 cm³/mol. The van der Waals surface area contributed by atoms with Crippen LogP contribution in [-0.4, -0.2) is 68.5 Å². The van der Waals surface area contributed by atoms with Crippen LogP contribution in [0, 0.1) is 0 Å². The van der Waals surface area contributed by atoms with Crippen LogP contribution in [-0.2, 0) is 18.4 Å². The molecule has 0 aliphatic carbocycles. The van der Waals surface area contributed by atoms with Crippen molar-refractivity contribution in [2.45, 2.75) is 199 Å². The Morgan fingerprint density at radius 3 is 1.55 bits per heavy atom. The third-order valence-electron chi connectivity index (χ3n) is 9.41. The number of allylic oxidation sites excluding steroid dienone is 3. The minimum absolute atomic E-state index is 0.00170. The van der Waals surface area contributed by atoms with Gasteiger partial charge in [-0.25, -0.2) is 0 Å². The minimum Gasteiger partial charge on any atom is -0.756 e. The Morgan fingerprint density at radius 2 is 1.08 bits per heavy atom. The SMILES string of the molecule is CCCCCC/C=C/CCCCCCCC(=O)N[C@@H](COP(=O)([O-])OCC[N+](C)(C)C)[C@H](O)/C=C/CCCCCCCCCCCCCCCC. The average molecular weight is 743 g/mol. The van der Waals surface area contributed by atoms with Gasteiger partial charge in [-0.3, -0.25) is 9.36 Å². The maximum absolute atomic E-state index is 12.8. The molecular weight excluding hydrogens is 659 g/mol. The lowest BCUT2D eigenvalue weighted by atomic mass is 10.0. The second-order valence-corrected chi connectivity index (χ2v) is 17.1. The number of carbonyl (C=O) groups excluding carboxylic acids is 1. The number of hydrogen-bond acceptors (Lipinski definition) is 6. The molecule has 0 saturated heterocycles. The van der Waals surface area contributed by atoms with Gasteiger partial charge in [0.25, 0.3) is 7.82 Å². The molecule has 0 aromatic carbocycles. The normalized spacial score (nSPS) is 14.7. The zero-order valence-corrected chi connectivity index (χ0v) is 35.0. The number of nitrogens with one attached hydrogen (secondary N) is 1. The number of phosphoric ester groups is 1. The summed E-state index contributed by atoms with van der Waals surface area (Å²) in [4.78, 5) is 25.2. The van der Waals surface area contributed by atoms with Gasteiger partial charge in [0.15, 0.2) is 0 Å². The Morgan fingerprint density at radius 1 is 0.667 bits per heavy atom. The van der Waals surface area contributed by atoms with Crippen molar-refractivity contribution in [3.8, 4) is 0 Å². The molecule has 0 radical (unpaired) electrons. The van der Waals surface area contributed by atoms with E-state index in [1.54, 1.807) is 6.08 Å². The molecule has 302 valence electrons. The summed E-state index contributed by atoms with van der Waals surface area (Å²) in [5, 5.41) is 13.7. The fourth-order valence-electron chi connectivity index (χ4n) is 5.97. The number of likely N-dealkylation sites (N-methyl/N-ethyl adjacent to an activating group) is 1. The summed E-state index contributed by atoms with van der Waals surface area (Å²) < 4.78 is 23.1. The third-order valence-corrected chi connectivity index (χ3v) is 10.4. The standard InChI is InChI=1S/C42H83N2O6P/c1-6-8-10-12-14-16-18-20-21-22-24-25-27-29-31-33-35-41(45)40(39-50-51(47,48)49-38-37-44(3,4)5)43-42(46)36-34-32-30-28-26-23-19-17-15-13-11-9-7-2/h17,19,33,35,40-41,45H,6-16,18,20-32,34,36-39H2,1-5H3,(H-,43,46,47,48)/b19-17+,35-33+/t40-,41+/m0/s1. The van der Waals surface area contributed by atoms with Gasteiger partial charge in [-0.1, -0.05) is 160 Å². The van der Waals surface area contributed by atoms with Crippen LogP contribution >= 0.6 is 7.82 Å². The molecule has 0 aromatic rings. The van der Waals surface area contributed by atoms with E-state index in [-0.39, 0.29) is 19.1 Å². The van der Waals surface area contributed by atoms with E-state index in [0.717, 1.165) is 51.4 Å². The number of unbranched alkanes of at least 4 members (excludes halogenated alkanes) is 23. The quantitative estimate of drug-likeness (QED) is 0.0282. The zero-order chi connectivity index (χ0) is 37.9. The molecule has 0 aliphatic rings. The monoisotopic (exact) mass is 743 g/mol. The largest absolute Gasteiger partial charge is 0.756 e. The first-order chi connectivity index (χ1) is 24.5. The van der Waals surface area contributed by atoms with Crippen molar-refractivity contribution >= 4 is 13.7 Å². The Bertz CT molecular complexity index is 891. The average Bonchev–Trinajstić information content (AvgIpc) is 3.07. The lowest BCUT2D eigenvalue weighted by molar-refractivity contribution is -0.870. The molecule has 9 heteroatoms. The van der Waals surface area contributed by atoms with Gasteiger partial charge in [-0.05, 0) is 44.9 Å². The Labute approximate surface area is 315 Å². The van der Waals surface area contributed by atoms with Crippen LogP contribution in [0.25, 0.3) is 0 Å². The first-order valence-electron chi connectivity index (χ1n) is 21.2. The second-order valence-electron chi connectivity index (χ2n) is 15.7. The molecule has 8 nitrogen and oxygen atoms in total. The summed E-state index contributed by atoms with van der Waals surface area (Å²) >= 11 is 0. The number of carbonyl (C=O) groups is 1. The van der Waals surface area contributed by atoms with E-state index < -0.39 is 20.0 Å². The van der Waals surface area contributed by atoms with Gasteiger partial charge >= 0.3 is 0 Å². The summed E-state index contributed by atoms with van der Waals surface area (Å²) in [5.41, 5.74) is 0. The molecule has 3 atom stereocenters. The van der Waals surface area contributed by atoms with Crippen LogP contribution in [0.5, 0.6) is 0 Å². The van der Waals surface area contributed by atoms with Crippen molar-refractivity contribution < 1.29 is 32.9 Å². The number of amides is 1. The number of rotatable bonds is 38. The molecule has 0 aromatic heterocycles. The molecule has 0 aliphatic heterocycles. The molecule has 0 bridgehead atoms. The van der Waals surface area contributed by atoms with Crippen LogP contribution in [0.1, 0.15) is 187 Å². The molecule has 0 heterocycles. The topological polar surface area (TPSA) is 108 Å². The second kappa shape index (κ2) is 34.7. The van der Waals surface area contributed by atoms with E-state index >= 15 is 0 Å². The van der Waals surface area contributed by atoms with Crippen LogP contribution in [0.2, 0.25) is 0 Å².